The van der Waals surface area contributed by atoms with Crippen molar-refractivity contribution in [1.29, 1.82) is 0 Å². The van der Waals surface area contributed by atoms with E-state index in [0.717, 1.165) is 31.8 Å². The number of β-amino-alcohol motifs (C(OH)–C–C–N with tert-alkyl or cyclic N) is 1. The van der Waals surface area contributed by atoms with Gasteiger partial charge in [0.05, 0.1) is 6.10 Å². The number of hydrogen-bond acceptors (Lipinski definition) is 2. The van der Waals surface area contributed by atoms with Gasteiger partial charge in [0.1, 0.15) is 0 Å². The summed E-state index contributed by atoms with van der Waals surface area (Å²) in [7, 11) is 0. The minimum Gasteiger partial charge on any atom is -0.392 e. The number of aliphatic hydroxyl groups is 1. The number of hydrogen-bond donors (Lipinski definition) is 1. The third kappa shape index (κ3) is 6.85. The maximum atomic E-state index is 9.60. The Bertz CT molecular complexity index is 233. The second kappa shape index (κ2) is 7.88. The first-order valence-electron chi connectivity index (χ1n) is 7.11. The van der Waals surface area contributed by atoms with Gasteiger partial charge in [-0.25, -0.2) is 0 Å². The lowest BCUT2D eigenvalue weighted by Crippen LogP contribution is -2.39. The third-order valence-corrected chi connectivity index (χ3v) is 3.63. The molecule has 0 saturated carbocycles. The van der Waals surface area contributed by atoms with Gasteiger partial charge in [0.15, 0.2) is 0 Å². The number of nitrogens with zero attached hydrogens (tertiary/aromatic N) is 1. The van der Waals surface area contributed by atoms with E-state index in [-0.39, 0.29) is 6.10 Å². The smallest absolute Gasteiger partial charge is 0.0667 e. The number of rotatable bonds is 6. The predicted molar refractivity (Wildman–Crippen MR) is 74.1 cm³/mol. The SMILES string of the molecule is CC(C)=CCC[C@H](C)CCN1CCC[C@@H](O)C1. The zero-order valence-electron chi connectivity index (χ0n) is 11.8. The average Bonchev–Trinajstić information content (AvgIpc) is 2.26. The molecule has 0 aromatic carbocycles. The molecule has 0 unspecified atom stereocenters. The summed E-state index contributed by atoms with van der Waals surface area (Å²) in [5.74, 6) is 0.796. The highest BCUT2D eigenvalue weighted by atomic mass is 16.3. The third-order valence-electron chi connectivity index (χ3n) is 3.63. The molecule has 1 rings (SSSR count). The first kappa shape index (κ1) is 14.7. The summed E-state index contributed by atoms with van der Waals surface area (Å²) in [5, 5.41) is 9.60. The zero-order valence-corrected chi connectivity index (χ0v) is 11.8. The van der Waals surface area contributed by atoms with Crippen LogP contribution in [0, 0.1) is 5.92 Å². The van der Waals surface area contributed by atoms with Crippen molar-refractivity contribution in [3.05, 3.63) is 11.6 Å². The number of aliphatic hydroxyl groups excluding tert-OH is 1. The standard InChI is InChI=1S/C15H29NO/c1-13(2)6-4-7-14(3)9-11-16-10-5-8-15(17)12-16/h6,14-15,17H,4-5,7-12H2,1-3H3/t14-,15+/m0/s1. The van der Waals surface area contributed by atoms with Crippen molar-refractivity contribution < 1.29 is 5.11 Å². The molecular weight excluding hydrogens is 210 g/mol. The van der Waals surface area contributed by atoms with Crippen molar-refractivity contribution >= 4 is 0 Å². The maximum Gasteiger partial charge on any atom is 0.0667 e. The molecular formula is C15H29NO. The van der Waals surface area contributed by atoms with E-state index in [1.165, 1.54) is 31.4 Å². The normalized spacial score (nSPS) is 23.4. The average molecular weight is 239 g/mol. The number of allylic oxidation sites excluding steroid dienone is 2. The highest BCUT2D eigenvalue weighted by Gasteiger charge is 2.17. The molecule has 100 valence electrons. The van der Waals surface area contributed by atoms with Gasteiger partial charge in [-0.15, -0.1) is 0 Å². The van der Waals surface area contributed by atoms with Crippen LogP contribution in [0.5, 0.6) is 0 Å². The monoisotopic (exact) mass is 239 g/mol. The molecule has 0 bridgehead atoms. The van der Waals surface area contributed by atoms with Crippen molar-refractivity contribution in [2.45, 2.75) is 59.0 Å². The molecule has 1 heterocycles. The molecule has 1 aliphatic rings. The molecule has 0 amide bonds. The molecule has 0 aromatic rings. The Labute approximate surface area is 107 Å². The molecule has 0 aliphatic carbocycles. The van der Waals surface area contributed by atoms with E-state index in [2.05, 4.69) is 31.7 Å². The molecule has 0 radical (unpaired) electrons. The Morgan fingerprint density at radius 1 is 1.41 bits per heavy atom. The van der Waals surface area contributed by atoms with Crippen molar-refractivity contribution in [2.75, 3.05) is 19.6 Å². The van der Waals surface area contributed by atoms with Crippen LogP contribution in [0.4, 0.5) is 0 Å². The van der Waals surface area contributed by atoms with Gasteiger partial charge in [-0.1, -0.05) is 18.6 Å². The number of likely N-dealkylation sites (tertiary alicyclic amines) is 1. The highest BCUT2D eigenvalue weighted by Crippen LogP contribution is 2.15. The van der Waals surface area contributed by atoms with Gasteiger partial charge >= 0.3 is 0 Å². The van der Waals surface area contributed by atoms with Crippen LogP contribution in [0.25, 0.3) is 0 Å². The molecule has 2 atom stereocenters. The van der Waals surface area contributed by atoms with Gasteiger partial charge in [0, 0.05) is 6.54 Å². The lowest BCUT2D eigenvalue weighted by Gasteiger charge is -2.30. The minimum atomic E-state index is -0.0790. The second-order valence-corrected chi connectivity index (χ2v) is 5.85. The first-order valence-corrected chi connectivity index (χ1v) is 7.11. The zero-order chi connectivity index (χ0) is 12.7. The Kier molecular flexibility index (Phi) is 6.83. The predicted octanol–water partition coefficient (Wildman–Crippen LogP) is 3.22. The Morgan fingerprint density at radius 2 is 2.18 bits per heavy atom. The van der Waals surface area contributed by atoms with Crippen molar-refractivity contribution in [3.63, 3.8) is 0 Å². The van der Waals surface area contributed by atoms with Crippen molar-refractivity contribution in [3.8, 4) is 0 Å². The summed E-state index contributed by atoms with van der Waals surface area (Å²) in [4.78, 5) is 2.42. The van der Waals surface area contributed by atoms with Crippen LogP contribution in [-0.4, -0.2) is 35.7 Å². The van der Waals surface area contributed by atoms with E-state index >= 15 is 0 Å². The second-order valence-electron chi connectivity index (χ2n) is 5.85. The summed E-state index contributed by atoms with van der Waals surface area (Å²) >= 11 is 0. The van der Waals surface area contributed by atoms with Crippen LogP contribution in [0.15, 0.2) is 11.6 Å². The summed E-state index contributed by atoms with van der Waals surface area (Å²) in [6, 6.07) is 0. The Morgan fingerprint density at radius 3 is 2.82 bits per heavy atom. The Hall–Kier alpha value is -0.340. The van der Waals surface area contributed by atoms with E-state index in [0.29, 0.717) is 0 Å². The van der Waals surface area contributed by atoms with Crippen LogP contribution < -0.4 is 0 Å². The fourth-order valence-corrected chi connectivity index (χ4v) is 2.44. The molecule has 17 heavy (non-hydrogen) atoms. The van der Waals surface area contributed by atoms with Crippen LogP contribution in [0.3, 0.4) is 0 Å². The lowest BCUT2D eigenvalue weighted by molar-refractivity contribution is 0.0678. The van der Waals surface area contributed by atoms with Gasteiger partial charge in [0.2, 0.25) is 0 Å². The molecule has 1 N–H and O–H groups in total. The largest absolute Gasteiger partial charge is 0.392 e. The number of piperidine rings is 1. The molecule has 0 aromatic heterocycles. The first-order chi connectivity index (χ1) is 8.08. The van der Waals surface area contributed by atoms with Gasteiger partial charge in [0.25, 0.3) is 0 Å². The van der Waals surface area contributed by atoms with Gasteiger partial charge < -0.3 is 10.0 Å². The molecule has 2 heteroatoms. The van der Waals surface area contributed by atoms with E-state index in [1.807, 2.05) is 0 Å². The van der Waals surface area contributed by atoms with E-state index < -0.39 is 0 Å². The minimum absolute atomic E-state index is 0.0790. The summed E-state index contributed by atoms with van der Waals surface area (Å²) < 4.78 is 0. The maximum absolute atomic E-state index is 9.60. The van der Waals surface area contributed by atoms with Crippen LogP contribution >= 0.6 is 0 Å². The van der Waals surface area contributed by atoms with Gasteiger partial charge in [-0.05, 0) is 65.0 Å². The molecule has 1 aliphatic heterocycles. The molecule has 1 fully saturated rings. The fourth-order valence-electron chi connectivity index (χ4n) is 2.44. The molecule has 0 spiro atoms. The molecule has 2 nitrogen and oxygen atoms in total. The van der Waals surface area contributed by atoms with Crippen molar-refractivity contribution in [2.24, 2.45) is 5.92 Å². The highest BCUT2D eigenvalue weighted by molar-refractivity contribution is 4.92. The van der Waals surface area contributed by atoms with Gasteiger partial charge in [-0.2, -0.15) is 0 Å². The van der Waals surface area contributed by atoms with Crippen LogP contribution in [0.2, 0.25) is 0 Å². The summed E-state index contributed by atoms with van der Waals surface area (Å²) in [6.45, 7) is 9.91. The summed E-state index contributed by atoms with van der Waals surface area (Å²) in [6.07, 6.45) is 8.18. The fraction of sp³-hybridized carbons (Fsp3) is 0.867. The van der Waals surface area contributed by atoms with Crippen LogP contribution in [0.1, 0.15) is 52.9 Å². The molecule has 1 saturated heterocycles. The van der Waals surface area contributed by atoms with E-state index in [4.69, 9.17) is 0 Å². The van der Waals surface area contributed by atoms with Gasteiger partial charge in [-0.3, -0.25) is 0 Å². The quantitative estimate of drug-likeness (QED) is 0.719. The van der Waals surface area contributed by atoms with Crippen LogP contribution in [-0.2, 0) is 0 Å². The Balaban J connectivity index is 2.10. The van der Waals surface area contributed by atoms with E-state index in [9.17, 15) is 5.11 Å². The van der Waals surface area contributed by atoms with Crippen molar-refractivity contribution in [1.82, 2.24) is 4.90 Å². The topological polar surface area (TPSA) is 23.5 Å². The van der Waals surface area contributed by atoms with E-state index in [1.54, 1.807) is 0 Å². The lowest BCUT2D eigenvalue weighted by atomic mass is 10.00. The summed E-state index contributed by atoms with van der Waals surface area (Å²) in [5.41, 5.74) is 1.43.